The molecule has 0 heterocycles. The van der Waals surface area contributed by atoms with E-state index in [9.17, 15) is 9.18 Å². The van der Waals surface area contributed by atoms with Crippen LogP contribution in [-0.2, 0) is 0 Å². The first-order chi connectivity index (χ1) is 9.20. The van der Waals surface area contributed by atoms with Crippen LogP contribution in [-0.4, -0.2) is 12.9 Å². The van der Waals surface area contributed by atoms with E-state index in [-0.39, 0.29) is 17.5 Å². The summed E-state index contributed by atoms with van der Waals surface area (Å²) in [5, 5.41) is 0. The third-order valence-corrected chi connectivity index (χ3v) is 5.47. The zero-order valence-electron chi connectivity index (χ0n) is 10.9. The minimum absolute atomic E-state index is 0.1000. The zero-order valence-corrected chi connectivity index (χ0v) is 10.9. The van der Waals surface area contributed by atoms with Crippen LogP contribution in [0.2, 0.25) is 0 Å². The molecule has 0 amide bonds. The van der Waals surface area contributed by atoms with Gasteiger partial charge in [0, 0.05) is 5.92 Å². The number of benzene rings is 1. The van der Waals surface area contributed by atoms with E-state index in [1.807, 2.05) is 0 Å². The average Bonchev–Trinajstić information content (AvgIpc) is 2.85. The maximum atomic E-state index is 13.4. The van der Waals surface area contributed by atoms with Crippen molar-refractivity contribution in [2.75, 3.05) is 7.11 Å². The van der Waals surface area contributed by atoms with Gasteiger partial charge in [-0.25, -0.2) is 4.39 Å². The lowest BCUT2D eigenvalue weighted by Gasteiger charge is -2.11. The molecule has 2 bridgehead atoms. The maximum absolute atomic E-state index is 13.4. The van der Waals surface area contributed by atoms with Gasteiger partial charge in [-0.1, -0.05) is 0 Å². The number of rotatable bonds is 3. The minimum Gasteiger partial charge on any atom is -0.496 e. The average molecular weight is 260 g/mol. The SMILES string of the molecule is COc1ccc(F)cc1C(=O)C1C2C3CCC(C3)C12. The molecule has 3 fully saturated rings. The molecule has 3 saturated carbocycles. The van der Waals surface area contributed by atoms with E-state index in [4.69, 9.17) is 4.74 Å². The number of fused-ring (bicyclic) bond motifs is 5. The molecule has 1 aromatic carbocycles. The van der Waals surface area contributed by atoms with Crippen molar-refractivity contribution < 1.29 is 13.9 Å². The Morgan fingerprint density at radius 3 is 2.58 bits per heavy atom. The van der Waals surface area contributed by atoms with Crippen LogP contribution in [0.5, 0.6) is 5.75 Å². The molecule has 2 nitrogen and oxygen atoms in total. The molecule has 4 atom stereocenters. The summed E-state index contributed by atoms with van der Waals surface area (Å²) in [5.41, 5.74) is 0.432. The van der Waals surface area contributed by atoms with Crippen molar-refractivity contribution >= 4 is 5.78 Å². The minimum atomic E-state index is -0.363. The summed E-state index contributed by atoms with van der Waals surface area (Å²) in [6.45, 7) is 0. The van der Waals surface area contributed by atoms with Crippen LogP contribution < -0.4 is 4.74 Å². The lowest BCUT2D eigenvalue weighted by Crippen LogP contribution is -2.11. The topological polar surface area (TPSA) is 26.3 Å². The van der Waals surface area contributed by atoms with E-state index in [0.29, 0.717) is 23.1 Å². The summed E-state index contributed by atoms with van der Waals surface area (Å²) in [5.74, 6) is 3.05. The summed E-state index contributed by atoms with van der Waals surface area (Å²) in [4.78, 5) is 12.6. The van der Waals surface area contributed by atoms with Gasteiger partial charge in [0.25, 0.3) is 0 Å². The van der Waals surface area contributed by atoms with E-state index in [0.717, 1.165) is 11.8 Å². The normalized spacial score (nSPS) is 38.1. The largest absolute Gasteiger partial charge is 0.496 e. The summed E-state index contributed by atoms with van der Waals surface area (Å²) < 4.78 is 18.6. The monoisotopic (exact) mass is 260 g/mol. The van der Waals surface area contributed by atoms with Gasteiger partial charge in [-0.2, -0.15) is 0 Å². The molecule has 0 N–H and O–H groups in total. The second kappa shape index (κ2) is 3.81. The molecular formula is C16H17FO2. The Labute approximate surface area is 112 Å². The summed E-state index contributed by atoms with van der Waals surface area (Å²) in [6.07, 6.45) is 3.89. The second-order valence-electron chi connectivity index (χ2n) is 6.22. The lowest BCUT2D eigenvalue weighted by atomic mass is 9.96. The second-order valence-corrected chi connectivity index (χ2v) is 6.22. The standard InChI is InChI=1S/C16H17FO2/c1-19-12-5-4-10(17)7-11(12)16(18)15-13-8-2-3-9(6-8)14(13)15/h4-5,7-9,13-15H,2-3,6H2,1H3. The van der Waals surface area contributed by atoms with E-state index in [1.165, 1.54) is 38.5 Å². The first-order valence-corrected chi connectivity index (χ1v) is 7.08. The Hall–Kier alpha value is -1.38. The van der Waals surface area contributed by atoms with Gasteiger partial charge in [0.2, 0.25) is 0 Å². The number of methoxy groups -OCH3 is 1. The van der Waals surface area contributed by atoms with Crippen LogP contribution in [0.1, 0.15) is 29.6 Å². The number of hydrogen-bond acceptors (Lipinski definition) is 2. The first kappa shape index (κ1) is 11.4. The van der Waals surface area contributed by atoms with Crippen molar-refractivity contribution in [2.24, 2.45) is 29.6 Å². The molecular weight excluding hydrogens is 243 g/mol. The molecule has 3 aliphatic rings. The smallest absolute Gasteiger partial charge is 0.170 e. The van der Waals surface area contributed by atoms with Gasteiger partial charge in [0.15, 0.2) is 5.78 Å². The van der Waals surface area contributed by atoms with E-state index in [2.05, 4.69) is 0 Å². The molecule has 3 heteroatoms. The van der Waals surface area contributed by atoms with Gasteiger partial charge >= 0.3 is 0 Å². The fourth-order valence-corrected chi connectivity index (χ4v) is 4.73. The van der Waals surface area contributed by atoms with Crippen molar-refractivity contribution in [3.63, 3.8) is 0 Å². The number of Topliss-reactive ketones (excluding diaryl/α,β-unsaturated/α-hetero) is 1. The van der Waals surface area contributed by atoms with Gasteiger partial charge < -0.3 is 4.74 Å². The molecule has 4 rings (SSSR count). The van der Waals surface area contributed by atoms with Crippen LogP contribution >= 0.6 is 0 Å². The fraction of sp³-hybridized carbons (Fsp3) is 0.562. The molecule has 0 radical (unpaired) electrons. The molecule has 0 spiro atoms. The maximum Gasteiger partial charge on any atom is 0.170 e. The van der Waals surface area contributed by atoms with Gasteiger partial charge in [-0.05, 0) is 61.1 Å². The van der Waals surface area contributed by atoms with E-state index >= 15 is 0 Å². The molecule has 1 aromatic rings. The van der Waals surface area contributed by atoms with Gasteiger partial charge in [-0.3, -0.25) is 4.79 Å². The van der Waals surface area contributed by atoms with Crippen molar-refractivity contribution in [1.82, 2.24) is 0 Å². The Kier molecular flexibility index (Phi) is 2.30. The highest BCUT2D eigenvalue weighted by atomic mass is 19.1. The highest BCUT2D eigenvalue weighted by Gasteiger charge is 2.67. The molecule has 0 aliphatic heterocycles. The van der Waals surface area contributed by atoms with Crippen LogP contribution in [0, 0.1) is 35.4 Å². The van der Waals surface area contributed by atoms with Crippen molar-refractivity contribution in [3.8, 4) is 5.75 Å². The molecule has 19 heavy (non-hydrogen) atoms. The quantitative estimate of drug-likeness (QED) is 0.779. The molecule has 4 unspecified atom stereocenters. The van der Waals surface area contributed by atoms with Crippen LogP contribution in [0.3, 0.4) is 0 Å². The van der Waals surface area contributed by atoms with Crippen LogP contribution in [0.15, 0.2) is 18.2 Å². The Bertz CT molecular complexity index is 538. The number of carbonyl (C=O) groups excluding carboxylic acids is 1. The van der Waals surface area contributed by atoms with E-state index in [1.54, 1.807) is 6.07 Å². The molecule has 0 saturated heterocycles. The molecule has 3 aliphatic carbocycles. The van der Waals surface area contributed by atoms with E-state index < -0.39 is 0 Å². The first-order valence-electron chi connectivity index (χ1n) is 7.08. The van der Waals surface area contributed by atoms with Crippen LogP contribution in [0.4, 0.5) is 4.39 Å². The Morgan fingerprint density at radius 1 is 1.26 bits per heavy atom. The number of hydrogen-bond donors (Lipinski definition) is 0. The predicted octanol–water partition coefficient (Wildman–Crippen LogP) is 3.31. The molecule has 100 valence electrons. The number of ether oxygens (including phenoxy) is 1. The third kappa shape index (κ3) is 1.50. The number of ketones is 1. The van der Waals surface area contributed by atoms with Gasteiger partial charge in [0.1, 0.15) is 11.6 Å². The van der Waals surface area contributed by atoms with Crippen molar-refractivity contribution in [3.05, 3.63) is 29.6 Å². The third-order valence-electron chi connectivity index (χ3n) is 5.47. The predicted molar refractivity (Wildman–Crippen MR) is 68.6 cm³/mol. The van der Waals surface area contributed by atoms with Gasteiger partial charge in [0.05, 0.1) is 12.7 Å². The highest BCUT2D eigenvalue weighted by molar-refractivity contribution is 6.02. The van der Waals surface area contributed by atoms with Crippen LogP contribution in [0.25, 0.3) is 0 Å². The highest BCUT2D eigenvalue weighted by Crippen LogP contribution is 2.70. The fourth-order valence-electron chi connectivity index (χ4n) is 4.73. The summed E-state index contributed by atoms with van der Waals surface area (Å²) in [7, 11) is 1.53. The summed E-state index contributed by atoms with van der Waals surface area (Å²) in [6, 6.07) is 4.22. The number of carbonyl (C=O) groups is 1. The Morgan fingerprint density at radius 2 is 1.95 bits per heavy atom. The zero-order chi connectivity index (χ0) is 13.1. The number of halogens is 1. The van der Waals surface area contributed by atoms with Gasteiger partial charge in [-0.15, -0.1) is 0 Å². The summed E-state index contributed by atoms with van der Waals surface area (Å²) >= 11 is 0. The van der Waals surface area contributed by atoms with Crippen molar-refractivity contribution in [2.45, 2.75) is 19.3 Å². The lowest BCUT2D eigenvalue weighted by molar-refractivity contribution is 0.0941. The van der Waals surface area contributed by atoms with Crippen molar-refractivity contribution in [1.29, 1.82) is 0 Å². The Balaban J connectivity index is 1.64. The molecule has 0 aromatic heterocycles.